The highest BCUT2D eigenvalue weighted by atomic mass is 35.5. The van der Waals surface area contributed by atoms with E-state index in [0.29, 0.717) is 0 Å². The molecule has 1 aliphatic carbocycles. The van der Waals surface area contributed by atoms with Crippen molar-refractivity contribution >= 4 is 12.4 Å². The van der Waals surface area contributed by atoms with Gasteiger partial charge < -0.3 is 15.0 Å². The summed E-state index contributed by atoms with van der Waals surface area (Å²) in [5.41, 5.74) is 0. The van der Waals surface area contributed by atoms with Crippen molar-refractivity contribution in [2.75, 3.05) is 39.4 Å². The van der Waals surface area contributed by atoms with Crippen molar-refractivity contribution in [2.24, 2.45) is 11.8 Å². The van der Waals surface area contributed by atoms with E-state index in [0.717, 1.165) is 31.1 Å². The Morgan fingerprint density at radius 3 is 2.42 bits per heavy atom. The molecule has 0 aromatic heterocycles. The molecule has 1 saturated carbocycles. The number of hydrogen-bond donors (Lipinski definition) is 1. The van der Waals surface area contributed by atoms with Crippen LogP contribution in [-0.2, 0) is 4.74 Å². The Labute approximate surface area is 123 Å². The Balaban J connectivity index is 0.00000133. The Morgan fingerprint density at radius 1 is 1.00 bits per heavy atom. The van der Waals surface area contributed by atoms with Crippen molar-refractivity contribution in [1.82, 2.24) is 10.2 Å². The summed E-state index contributed by atoms with van der Waals surface area (Å²) in [6.45, 7) is 7.12. The summed E-state index contributed by atoms with van der Waals surface area (Å²) in [5, 5.41) is 3.76. The zero-order valence-corrected chi connectivity index (χ0v) is 12.8. The van der Waals surface area contributed by atoms with Gasteiger partial charge in [-0.25, -0.2) is 0 Å². The van der Waals surface area contributed by atoms with Crippen LogP contribution in [0.2, 0.25) is 0 Å². The number of nitrogens with zero attached hydrogens (tertiary/aromatic N) is 1. The van der Waals surface area contributed by atoms with Crippen LogP contribution in [0.15, 0.2) is 0 Å². The normalized spacial score (nSPS) is 30.0. The minimum atomic E-state index is 0. The lowest BCUT2D eigenvalue weighted by atomic mass is 9.99. The van der Waals surface area contributed by atoms with E-state index in [4.69, 9.17) is 4.74 Å². The van der Waals surface area contributed by atoms with Gasteiger partial charge in [-0.05, 0) is 70.0 Å². The predicted molar refractivity (Wildman–Crippen MR) is 81.0 cm³/mol. The second kappa shape index (κ2) is 7.82. The van der Waals surface area contributed by atoms with Crippen LogP contribution < -0.4 is 5.32 Å². The Hall–Kier alpha value is 0.170. The van der Waals surface area contributed by atoms with Gasteiger partial charge in [-0.15, -0.1) is 12.4 Å². The van der Waals surface area contributed by atoms with Gasteiger partial charge in [0.1, 0.15) is 0 Å². The fourth-order valence-corrected chi connectivity index (χ4v) is 3.29. The highest BCUT2D eigenvalue weighted by Crippen LogP contribution is 2.28. The van der Waals surface area contributed by atoms with E-state index in [1.165, 1.54) is 64.7 Å². The first kappa shape index (κ1) is 15.6. The van der Waals surface area contributed by atoms with Crippen LogP contribution in [0.5, 0.6) is 0 Å². The molecule has 1 atom stereocenters. The van der Waals surface area contributed by atoms with E-state index in [9.17, 15) is 0 Å². The van der Waals surface area contributed by atoms with E-state index in [1.54, 1.807) is 0 Å². The first-order valence-electron chi connectivity index (χ1n) is 7.93. The van der Waals surface area contributed by atoms with Crippen molar-refractivity contribution in [3.8, 4) is 0 Å². The van der Waals surface area contributed by atoms with Crippen molar-refractivity contribution in [2.45, 2.75) is 44.6 Å². The van der Waals surface area contributed by atoms with Gasteiger partial charge in [-0.1, -0.05) is 0 Å². The monoisotopic (exact) mass is 288 g/mol. The maximum atomic E-state index is 5.58. The molecule has 3 aliphatic rings. The van der Waals surface area contributed by atoms with Crippen LogP contribution in [0.4, 0.5) is 0 Å². The summed E-state index contributed by atoms with van der Waals surface area (Å²) in [7, 11) is 0. The first-order valence-corrected chi connectivity index (χ1v) is 7.93. The fourth-order valence-electron chi connectivity index (χ4n) is 3.29. The molecule has 1 N–H and O–H groups in total. The fraction of sp³-hybridized carbons (Fsp3) is 1.00. The topological polar surface area (TPSA) is 24.5 Å². The first-order chi connectivity index (χ1) is 8.90. The standard InChI is InChI=1S/C15H28N2O.ClH/c1-2-14(12-18-9-1)11-17-7-5-15(6-8-17)16-10-13-3-4-13;/h13-16H,1-12H2;1H. The summed E-state index contributed by atoms with van der Waals surface area (Å²) < 4.78 is 5.58. The summed E-state index contributed by atoms with van der Waals surface area (Å²) >= 11 is 0. The van der Waals surface area contributed by atoms with Crippen molar-refractivity contribution in [1.29, 1.82) is 0 Å². The lowest BCUT2D eigenvalue weighted by Crippen LogP contribution is -2.45. The van der Waals surface area contributed by atoms with Crippen LogP contribution in [0, 0.1) is 11.8 Å². The summed E-state index contributed by atoms with van der Waals surface area (Å²) in [6, 6.07) is 0.796. The minimum absolute atomic E-state index is 0. The van der Waals surface area contributed by atoms with Crippen LogP contribution in [-0.4, -0.2) is 50.3 Å². The van der Waals surface area contributed by atoms with Gasteiger partial charge in [0.15, 0.2) is 0 Å². The smallest absolute Gasteiger partial charge is 0.0506 e. The molecule has 0 radical (unpaired) electrons. The van der Waals surface area contributed by atoms with E-state index in [2.05, 4.69) is 10.2 Å². The average molecular weight is 289 g/mol. The third-order valence-corrected chi connectivity index (χ3v) is 4.75. The lowest BCUT2D eigenvalue weighted by Gasteiger charge is -2.35. The van der Waals surface area contributed by atoms with E-state index < -0.39 is 0 Å². The van der Waals surface area contributed by atoms with Gasteiger partial charge in [0.05, 0.1) is 6.61 Å². The summed E-state index contributed by atoms with van der Waals surface area (Å²) in [4.78, 5) is 2.66. The van der Waals surface area contributed by atoms with Crippen LogP contribution in [0.3, 0.4) is 0 Å². The average Bonchev–Trinajstić information content (AvgIpc) is 3.23. The number of piperidine rings is 1. The number of rotatable bonds is 5. The molecule has 2 heterocycles. The SMILES string of the molecule is C1COCC(CN2CCC(NCC3CC3)CC2)C1.Cl. The molecular formula is C15H29ClN2O. The van der Waals surface area contributed by atoms with Gasteiger partial charge in [0.2, 0.25) is 0 Å². The quantitative estimate of drug-likeness (QED) is 0.840. The van der Waals surface area contributed by atoms with Crippen LogP contribution >= 0.6 is 12.4 Å². The molecule has 3 fully saturated rings. The van der Waals surface area contributed by atoms with Crippen molar-refractivity contribution < 1.29 is 4.74 Å². The highest BCUT2D eigenvalue weighted by Gasteiger charge is 2.25. The molecule has 0 aromatic rings. The van der Waals surface area contributed by atoms with Gasteiger partial charge in [0.25, 0.3) is 0 Å². The van der Waals surface area contributed by atoms with Crippen molar-refractivity contribution in [3.05, 3.63) is 0 Å². The van der Waals surface area contributed by atoms with Crippen LogP contribution in [0.25, 0.3) is 0 Å². The molecule has 0 bridgehead atoms. The molecule has 0 aromatic carbocycles. The molecule has 2 saturated heterocycles. The Kier molecular flexibility index (Phi) is 6.40. The number of halogens is 1. The minimum Gasteiger partial charge on any atom is -0.381 e. The third kappa shape index (κ3) is 5.22. The second-order valence-electron chi connectivity index (χ2n) is 6.51. The van der Waals surface area contributed by atoms with Gasteiger partial charge in [-0.2, -0.15) is 0 Å². The Bertz CT molecular complexity index is 247. The van der Waals surface area contributed by atoms with Crippen molar-refractivity contribution in [3.63, 3.8) is 0 Å². The van der Waals surface area contributed by atoms with Gasteiger partial charge in [-0.3, -0.25) is 0 Å². The zero-order valence-electron chi connectivity index (χ0n) is 12.0. The molecule has 4 heteroatoms. The number of likely N-dealkylation sites (tertiary alicyclic amines) is 1. The summed E-state index contributed by atoms with van der Waals surface area (Å²) in [5.74, 6) is 1.82. The second-order valence-corrected chi connectivity index (χ2v) is 6.51. The number of ether oxygens (including phenoxy) is 1. The Morgan fingerprint density at radius 2 is 1.79 bits per heavy atom. The van der Waals surface area contributed by atoms with E-state index in [1.807, 2.05) is 0 Å². The van der Waals surface area contributed by atoms with Gasteiger partial charge >= 0.3 is 0 Å². The molecule has 112 valence electrons. The van der Waals surface area contributed by atoms with Crippen LogP contribution in [0.1, 0.15) is 38.5 Å². The third-order valence-electron chi connectivity index (χ3n) is 4.75. The molecule has 3 rings (SSSR count). The maximum absolute atomic E-state index is 5.58. The highest BCUT2D eigenvalue weighted by molar-refractivity contribution is 5.85. The molecule has 0 spiro atoms. The largest absolute Gasteiger partial charge is 0.381 e. The molecule has 0 amide bonds. The molecule has 2 aliphatic heterocycles. The number of nitrogens with one attached hydrogen (secondary N) is 1. The number of hydrogen-bond acceptors (Lipinski definition) is 3. The van der Waals surface area contributed by atoms with E-state index in [-0.39, 0.29) is 12.4 Å². The lowest BCUT2D eigenvalue weighted by molar-refractivity contribution is 0.0340. The predicted octanol–water partition coefficient (Wildman–Crippen LogP) is 2.30. The molecule has 3 nitrogen and oxygen atoms in total. The molecular weight excluding hydrogens is 260 g/mol. The molecule has 19 heavy (non-hydrogen) atoms. The zero-order chi connectivity index (χ0) is 12.2. The summed E-state index contributed by atoms with van der Waals surface area (Å²) in [6.07, 6.45) is 8.27. The molecule has 1 unspecified atom stereocenters. The van der Waals surface area contributed by atoms with E-state index >= 15 is 0 Å². The van der Waals surface area contributed by atoms with Gasteiger partial charge in [0, 0.05) is 19.2 Å². The maximum Gasteiger partial charge on any atom is 0.0506 e.